The minimum Gasteiger partial charge on any atom is -0.497 e. The van der Waals surface area contributed by atoms with Crippen LogP contribution in [-0.2, 0) is 9.53 Å². The molecule has 1 N–H and O–H groups in total. The molecule has 0 fully saturated rings. The average molecular weight is 428 g/mol. The van der Waals surface area contributed by atoms with E-state index in [9.17, 15) is 9.59 Å². The molecule has 166 valence electrons. The Hall–Kier alpha value is -3.33. The van der Waals surface area contributed by atoms with Crippen LogP contribution in [0.4, 0.5) is 4.79 Å². The van der Waals surface area contributed by atoms with Gasteiger partial charge in [0, 0.05) is 26.6 Å². The SMILES string of the molecule is CCNC(=O)N(CCOC)CC(=O)N1N=C(c2ccc(OC)cc2)CC1c1ccco1. The first kappa shape index (κ1) is 22.4. The molecular formula is C22H28N4O5. The summed E-state index contributed by atoms with van der Waals surface area (Å²) in [7, 11) is 3.16. The monoisotopic (exact) mass is 428 g/mol. The van der Waals surface area contributed by atoms with Crippen LogP contribution < -0.4 is 10.1 Å². The smallest absolute Gasteiger partial charge is 0.317 e. The van der Waals surface area contributed by atoms with E-state index in [1.807, 2.05) is 37.3 Å². The molecule has 2 heterocycles. The second-order valence-electron chi connectivity index (χ2n) is 7.00. The summed E-state index contributed by atoms with van der Waals surface area (Å²) in [5.74, 6) is 1.09. The van der Waals surface area contributed by atoms with E-state index in [0.29, 0.717) is 31.9 Å². The Morgan fingerprint density at radius 2 is 2.03 bits per heavy atom. The van der Waals surface area contributed by atoms with Crippen LogP contribution in [0.3, 0.4) is 0 Å². The number of hydrogen-bond donors (Lipinski definition) is 1. The van der Waals surface area contributed by atoms with E-state index in [0.717, 1.165) is 17.0 Å². The van der Waals surface area contributed by atoms with E-state index in [-0.39, 0.29) is 24.5 Å². The minimum atomic E-state index is -0.377. The zero-order chi connectivity index (χ0) is 22.2. The molecule has 31 heavy (non-hydrogen) atoms. The van der Waals surface area contributed by atoms with Gasteiger partial charge in [-0.2, -0.15) is 5.10 Å². The molecule has 1 aromatic heterocycles. The van der Waals surface area contributed by atoms with Crippen LogP contribution in [0.25, 0.3) is 0 Å². The average Bonchev–Trinajstić information content (AvgIpc) is 3.46. The van der Waals surface area contributed by atoms with Crippen molar-refractivity contribution in [1.82, 2.24) is 15.2 Å². The third-order valence-electron chi connectivity index (χ3n) is 4.97. The molecule has 1 aliphatic heterocycles. The molecular weight excluding hydrogens is 400 g/mol. The van der Waals surface area contributed by atoms with Gasteiger partial charge < -0.3 is 24.1 Å². The summed E-state index contributed by atoms with van der Waals surface area (Å²) >= 11 is 0. The van der Waals surface area contributed by atoms with Gasteiger partial charge in [-0.15, -0.1) is 0 Å². The van der Waals surface area contributed by atoms with Gasteiger partial charge >= 0.3 is 6.03 Å². The molecule has 1 unspecified atom stereocenters. The van der Waals surface area contributed by atoms with Crippen LogP contribution in [0, 0.1) is 0 Å². The molecule has 9 heteroatoms. The van der Waals surface area contributed by atoms with Crippen LogP contribution in [0.2, 0.25) is 0 Å². The number of carbonyl (C=O) groups excluding carboxylic acids is 2. The van der Waals surface area contributed by atoms with E-state index in [2.05, 4.69) is 10.4 Å². The normalized spacial score (nSPS) is 15.5. The summed E-state index contributed by atoms with van der Waals surface area (Å²) in [6.07, 6.45) is 2.08. The van der Waals surface area contributed by atoms with Crippen molar-refractivity contribution in [1.29, 1.82) is 0 Å². The molecule has 0 bridgehead atoms. The molecule has 2 aromatic rings. The lowest BCUT2D eigenvalue weighted by molar-refractivity contribution is -0.134. The maximum atomic E-state index is 13.2. The van der Waals surface area contributed by atoms with Crippen molar-refractivity contribution < 1.29 is 23.5 Å². The van der Waals surface area contributed by atoms with Gasteiger partial charge in [0.15, 0.2) is 0 Å². The lowest BCUT2D eigenvalue weighted by Crippen LogP contribution is -2.47. The first-order valence-corrected chi connectivity index (χ1v) is 10.2. The molecule has 0 aliphatic carbocycles. The topological polar surface area (TPSA) is 96.6 Å². The lowest BCUT2D eigenvalue weighted by Gasteiger charge is -2.26. The molecule has 1 atom stereocenters. The van der Waals surface area contributed by atoms with Gasteiger partial charge in [-0.05, 0) is 48.9 Å². The number of furan rings is 1. The predicted octanol–water partition coefficient (Wildman–Crippen LogP) is 2.64. The van der Waals surface area contributed by atoms with E-state index in [4.69, 9.17) is 13.9 Å². The second-order valence-corrected chi connectivity index (χ2v) is 7.00. The van der Waals surface area contributed by atoms with Crippen molar-refractivity contribution in [2.75, 3.05) is 40.5 Å². The summed E-state index contributed by atoms with van der Waals surface area (Å²) in [5.41, 5.74) is 1.66. The van der Waals surface area contributed by atoms with Gasteiger partial charge in [-0.1, -0.05) is 0 Å². The third kappa shape index (κ3) is 5.43. The zero-order valence-corrected chi connectivity index (χ0v) is 18.0. The van der Waals surface area contributed by atoms with Crippen molar-refractivity contribution in [3.05, 3.63) is 54.0 Å². The number of urea groups is 1. The van der Waals surface area contributed by atoms with Crippen molar-refractivity contribution in [2.45, 2.75) is 19.4 Å². The van der Waals surface area contributed by atoms with Crippen molar-refractivity contribution >= 4 is 17.6 Å². The summed E-state index contributed by atoms with van der Waals surface area (Å²) in [5, 5.41) is 8.74. The molecule has 3 rings (SSSR count). The van der Waals surface area contributed by atoms with Gasteiger partial charge in [-0.3, -0.25) is 4.79 Å². The van der Waals surface area contributed by atoms with Gasteiger partial charge in [-0.25, -0.2) is 9.80 Å². The Bertz CT molecular complexity index is 895. The Balaban J connectivity index is 1.83. The van der Waals surface area contributed by atoms with Crippen molar-refractivity contribution in [2.24, 2.45) is 5.10 Å². The third-order valence-corrected chi connectivity index (χ3v) is 4.97. The number of ether oxygens (including phenoxy) is 2. The number of nitrogens with one attached hydrogen (secondary N) is 1. The van der Waals surface area contributed by atoms with E-state index in [1.165, 1.54) is 9.91 Å². The molecule has 0 saturated carbocycles. The number of rotatable bonds is 9. The maximum Gasteiger partial charge on any atom is 0.317 e. The number of hydrogen-bond acceptors (Lipinski definition) is 6. The van der Waals surface area contributed by atoms with Gasteiger partial charge in [0.1, 0.15) is 24.1 Å². The van der Waals surface area contributed by atoms with E-state index in [1.54, 1.807) is 26.5 Å². The number of benzene rings is 1. The highest BCUT2D eigenvalue weighted by Crippen LogP contribution is 2.33. The fourth-order valence-electron chi connectivity index (χ4n) is 3.35. The second kappa shape index (κ2) is 10.6. The zero-order valence-electron chi connectivity index (χ0n) is 18.0. The summed E-state index contributed by atoms with van der Waals surface area (Å²) < 4.78 is 15.9. The Morgan fingerprint density at radius 3 is 2.65 bits per heavy atom. The van der Waals surface area contributed by atoms with Gasteiger partial charge in [0.25, 0.3) is 5.91 Å². The van der Waals surface area contributed by atoms with Crippen molar-refractivity contribution in [3.63, 3.8) is 0 Å². The fourth-order valence-corrected chi connectivity index (χ4v) is 3.35. The number of hydrazone groups is 1. The predicted molar refractivity (Wildman–Crippen MR) is 115 cm³/mol. The number of nitrogens with zero attached hydrogens (tertiary/aromatic N) is 3. The summed E-state index contributed by atoms with van der Waals surface area (Å²) in [4.78, 5) is 27.0. The number of amides is 3. The van der Waals surface area contributed by atoms with Gasteiger partial charge in [0.05, 0.1) is 25.7 Å². The van der Waals surface area contributed by atoms with Crippen LogP contribution in [-0.4, -0.2) is 68.0 Å². The Kier molecular flexibility index (Phi) is 7.66. The van der Waals surface area contributed by atoms with Crippen LogP contribution in [0.15, 0.2) is 52.2 Å². The molecule has 1 aromatic carbocycles. The highest BCUT2D eigenvalue weighted by Gasteiger charge is 2.35. The first-order valence-electron chi connectivity index (χ1n) is 10.2. The summed E-state index contributed by atoms with van der Waals surface area (Å²) in [6.45, 7) is 2.79. The number of carbonyl (C=O) groups is 2. The Morgan fingerprint density at radius 1 is 1.26 bits per heavy atom. The largest absolute Gasteiger partial charge is 0.497 e. The molecule has 9 nitrogen and oxygen atoms in total. The summed E-state index contributed by atoms with van der Waals surface area (Å²) in [6, 6.07) is 10.4. The van der Waals surface area contributed by atoms with E-state index >= 15 is 0 Å². The molecule has 0 spiro atoms. The Labute approximate surface area is 181 Å². The molecule has 3 amide bonds. The van der Waals surface area contributed by atoms with Crippen LogP contribution in [0.5, 0.6) is 5.75 Å². The highest BCUT2D eigenvalue weighted by atomic mass is 16.5. The minimum absolute atomic E-state index is 0.119. The molecule has 0 radical (unpaired) electrons. The maximum absolute atomic E-state index is 13.2. The molecule has 0 saturated heterocycles. The van der Waals surface area contributed by atoms with Gasteiger partial charge in [0.2, 0.25) is 0 Å². The number of methoxy groups -OCH3 is 2. The quantitative estimate of drug-likeness (QED) is 0.662. The van der Waals surface area contributed by atoms with E-state index < -0.39 is 0 Å². The lowest BCUT2D eigenvalue weighted by atomic mass is 10.0. The first-order chi connectivity index (χ1) is 15.1. The standard InChI is InChI=1S/C22H28N4O5/c1-4-23-22(28)25(11-13-29-2)15-21(27)26-19(20-6-5-12-31-20)14-18(24-26)16-7-9-17(30-3)10-8-16/h5-10,12,19H,4,11,13-15H2,1-3H3,(H,23,28). The van der Waals surface area contributed by atoms with Crippen LogP contribution in [0.1, 0.15) is 30.7 Å². The van der Waals surface area contributed by atoms with Crippen molar-refractivity contribution in [3.8, 4) is 5.75 Å². The fraction of sp³-hybridized carbons (Fsp3) is 0.409. The highest BCUT2D eigenvalue weighted by molar-refractivity contribution is 6.03. The van der Waals surface area contributed by atoms with Crippen LogP contribution >= 0.6 is 0 Å². The molecule has 1 aliphatic rings.